The summed E-state index contributed by atoms with van der Waals surface area (Å²) in [4.78, 5) is 14.0. The Balaban J connectivity index is 1.57. The van der Waals surface area contributed by atoms with Crippen molar-refractivity contribution >= 4 is 27.8 Å². The maximum absolute atomic E-state index is 14.0. The monoisotopic (exact) mass is 548 g/mol. The number of aryl methyl sites for hydroxylation is 1. The molecule has 0 radical (unpaired) electrons. The van der Waals surface area contributed by atoms with Gasteiger partial charge in [-0.2, -0.15) is 0 Å². The van der Waals surface area contributed by atoms with Crippen molar-refractivity contribution in [2.45, 2.75) is 86.2 Å². The number of hydrogen-bond donors (Lipinski definition) is 0. The Morgan fingerprint density at radius 3 is 2.10 bits per heavy atom. The minimum atomic E-state index is -0.312. The summed E-state index contributed by atoms with van der Waals surface area (Å²) in [6.45, 7) is 12.9. The summed E-state index contributed by atoms with van der Waals surface area (Å²) in [5.74, 6) is 0.982. The maximum atomic E-state index is 14.0. The van der Waals surface area contributed by atoms with Crippen LogP contribution in [0.25, 0.3) is 32.9 Å². The fraction of sp³-hybridized carbons (Fsp3) is 0.378. The Morgan fingerprint density at radius 1 is 0.756 bits per heavy atom. The van der Waals surface area contributed by atoms with E-state index in [0.29, 0.717) is 17.2 Å². The van der Waals surface area contributed by atoms with Gasteiger partial charge in [-0.3, -0.25) is 0 Å². The molecule has 2 aromatic heterocycles. The Labute approximate surface area is 244 Å². The van der Waals surface area contributed by atoms with E-state index in [1.807, 2.05) is 24.3 Å². The van der Waals surface area contributed by atoms with Crippen molar-refractivity contribution in [3.05, 3.63) is 89.7 Å². The van der Waals surface area contributed by atoms with Crippen molar-refractivity contribution < 1.29 is 9.53 Å². The molecule has 0 N–H and O–H groups in total. The Bertz CT molecular complexity index is 1650. The van der Waals surface area contributed by atoms with Gasteiger partial charge >= 0.3 is 5.97 Å². The largest absolute Gasteiger partial charge is 0.420 e. The van der Waals surface area contributed by atoms with Crippen LogP contribution in [0, 0.1) is 19.8 Å². The highest BCUT2D eigenvalue weighted by Crippen LogP contribution is 2.39. The zero-order valence-corrected chi connectivity index (χ0v) is 25.4. The quantitative estimate of drug-likeness (QED) is 0.145. The number of nitrogens with zero attached hydrogens (tertiary/aromatic N) is 2. The lowest BCUT2D eigenvalue weighted by Gasteiger charge is -2.18. The van der Waals surface area contributed by atoms with Gasteiger partial charge in [-0.1, -0.05) is 95.0 Å². The number of benzene rings is 3. The van der Waals surface area contributed by atoms with Gasteiger partial charge in [0.15, 0.2) is 5.75 Å². The van der Waals surface area contributed by atoms with Gasteiger partial charge in [0.2, 0.25) is 0 Å². The molecule has 0 bridgehead atoms. The van der Waals surface area contributed by atoms with Gasteiger partial charge < -0.3 is 13.9 Å². The second-order valence-corrected chi connectivity index (χ2v) is 11.4. The van der Waals surface area contributed by atoms with E-state index in [0.717, 1.165) is 60.1 Å². The number of hydrogen-bond acceptors (Lipinski definition) is 2. The lowest BCUT2D eigenvalue weighted by molar-refractivity contribution is 0.0736. The highest BCUT2D eigenvalue weighted by atomic mass is 16.5. The van der Waals surface area contributed by atoms with E-state index < -0.39 is 0 Å². The normalized spacial score (nSPS) is 12.3. The first-order chi connectivity index (χ1) is 20.0. The molecule has 0 spiro atoms. The smallest absolute Gasteiger partial charge is 0.344 e. The van der Waals surface area contributed by atoms with Gasteiger partial charge in [-0.15, -0.1) is 0 Å². The highest BCUT2D eigenvalue weighted by Gasteiger charge is 2.24. The molecule has 0 amide bonds. The van der Waals surface area contributed by atoms with Gasteiger partial charge in [-0.05, 0) is 62.4 Å². The zero-order chi connectivity index (χ0) is 28.9. The van der Waals surface area contributed by atoms with Crippen molar-refractivity contribution in [2.24, 2.45) is 5.92 Å². The third-order valence-electron chi connectivity index (χ3n) is 8.73. The summed E-state index contributed by atoms with van der Waals surface area (Å²) < 4.78 is 11.0. The molecule has 5 aromatic rings. The first-order valence-corrected chi connectivity index (χ1v) is 15.5. The van der Waals surface area contributed by atoms with Gasteiger partial charge in [-0.25, -0.2) is 4.79 Å². The molecule has 2 heterocycles. The molecule has 5 rings (SSSR count). The maximum Gasteiger partial charge on any atom is 0.344 e. The molecule has 1 atom stereocenters. The number of aromatic nitrogens is 2. The molecule has 0 saturated heterocycles. The Hall–Kier alpha value is -3.79. The fourth-order valence-corrected chi connectivity index (χ4v) is 6.34. The van der Waals surface area contributed by atoms with Crippen LogP contribution >= 0.6 is 0 Å². The van der Waals surface area contributed by atoms with Crippen LogP contribution < -0.4 is 4.74 Å². The number of unbranched alkanes of at least 4 members (excludes halogenated alkanes) is 2. The summed E-state index contributed by atoms with van der Waals surface area (Å²) in [5.41, 5.74) is 7.19. The first-order valence-electron chi connectivity index (χ1n) is 15.5. The van der Waals surface area contributed by atoms with E-state index in [1.165, 1.54) is 35.9 Å². The first kappa shape index (κ1) is 28.7. The number of rotatable bonds is 12. The minimum absolute atomic E-state index is 0.312. The topological polar surface area (TPSA) is 36.2 Å². The molecule has 0 saturated carbocycles. The predicted octanol–water partition coefficient (Wildman–Crippen LogP) is 10.1. The number of para-hydroxylation sites is 2. The van der Waals surface area contributed by atoms with E-state index in [2.05, 4.69) is 92.3 Å². The summed E-state index contributed by atoms with van der Waals surface area (Å²) in [5, 5.41) is 2.17. The molecule has 1 unspecified atom stereocenters. The molecule has 0 aliphatic carbocycles. The number of carbonyl (C=O) groups excluding carboxylic acids is 1. The molecular weight excluding hydrogens is 504 g/mol. The van der Waals surface area contributed by atoms with Crippen molar-refractivity contribution in [2.75, 3.05) is 0 Å². The summed E-state index contributed by atoms with van der Waals surface area (Å²) in [6.07, 6.45) is 7.07. The second kappa shape index (κ2) is 12.8. The van der Waals surface area contributed by atoms with Gasteiger partial charge in [0.25, 0.3) is 0 Å². The van der Waals surface area contributed by atoms with Gasteiger partial charge in [0.05, 0.1) is 16.8 Å². The van der Waals surface area contributed by atoms with Crippen molar-refractivity contribution in [3.63, 3.8) is 0 Å². The van der Waals surface area contributed by atoms with Crippen LogP contribution in [0.2, 0.25) is 0 Å². The SMILES string of the molecule is CCCCC(CC)Cn1c(C)c(-c2ccccc2C(=O)Oc2c(C)n(CCCC)c3ccccc23)c2ccccc21. The molecule has 0 fully saturated rings. The molecule has 4 nitrogen and oxygen atoms in total. The molecule has 214 valence electrons. The number of fused-ring (bicyclic) bond motifs is 2. The number of ether oxygens (including phenoxy) is 1. The molecular formula is C37H44N2O2. The van der Waals surface area contributed by atoms with E-state index in [9.17, 15) is 4.79 Å². The molecule has 3 aromatic carbocycles. The minimum Gasteiger partial charge on any atom is -0.420 e. The van der Waals surface area contributed by atoms with Crippen LogP contribution in [-0.4, -0.2) is 15.1 Å². The third-order valence-corrected chi connectivity index (χ3v) is 8.73. The van der Waals surface area contributed by atoms with Crippen LogP contribution in [0.15, 0.2) is 72.8 Å². The average Bonchev–Trinajstić information content (AvgIpc) is 3.43. The molecule has 4 heteroatoms. The van der Waals surface area contributed by atoms with Crippen LogP contribution in [-0.2, 0) is 13.1 Å². The summed E-state index contributed by atoms with van der Waals surface area (Å²) in [6, 6.07) is 24.8. The van der Waals surface area contributed by atoms with Gasteiger partial charge in [0.1, 0.15) is 0 Å². The number of carbonyl (C=O) groups is 1. The lowest BCUT2D eigenvalue weighted by atomic mass is 9.97. The molecule has 0 aliphatic heterocycles. The predicted molar refractivity (Wildman–Crippen MR) is 172 cm³/mol. The molecule has 41 heavy (non-hydrogen) atoms. The summed E-state index contributed by atoms with van der Waals surface area (Å²) in [7, 11) is 0. The number of esters is 1. The second-order valence-electron chi connectivity index (χ2n) is 11.4. The fourth-order valence-electron chi connectivity index (χ4n) is 6.34. The van der Waals surface area contributed by atoms with E-state index >= 15 is 0 Å². The van der Waals surface area contributed by atoms with E-state index in [-0.39, 0.29) is 5.97 Å². The van der Waals surface area contributed by atoms with E-state index in [4.69, 9.17) is 4.74 Å². The van der Waals surface area contributed by atoms with Crippen LogP contribution in [0.3, 0.4) is 0 Å². The standard InChI is InChI=1S/C37H44N2O2/c1-6-9-17-28(8-3)25-39-26(4)35(31-20-13-15-22-33(31)39)29-18-11-12-19-30(29)37(40)41-36-27(5)38(24-10-7-2)34-23-16-14-21-32(34)36/h11-16,18-23,28H,6-10,17,24-25H2,1-5H3. The van der Waals surface area contributed by atoms with Crippen molar-refractivity contribution in [1.82, 2.24) is 9.13 Å². The molecule has 0 aliphatic rings. The average molecular weight is 549 g/mol. The lowest BCUT2D eigenvalue weighted by Crippen LogP contribution is -2.12. The Kier molecular flexibility index (Phi) is 8.97. The van der Waals surface area contributed by atoms with Crippen LogP contribution in [0.4, 0.5) is 0 Å². The van der Waals surface area contributed by atoms with Crippen molar-refractivity contribution in [3.8, 4) is 16.9 Å². The van der Waals surface area contributed by atoms with Gasteiger partial charge in [0, 0.05) is 40.6 Å². The Morgan fingerprint density at radius 2 is 1.39 bits per heavy atom. The zero-order valence-electron chi connectivity index (χ0n) is 25.4. The van der Waals surface area contributed by atoms with Crippen LogP contribution in [0.5, 0.6) is 5.75 Å². The third kappa shape index (κ3) is 5.57. The van der Waals surface area contributed by atoms with E-state index in [1.54, 1.807) is 0 Å². The van der Waals surface area contributed by atoms with Crippen molar-refractivity contribution in [1.29, 1.82) is 0 Å². The summed E-state index contributed by atoms with van der Waals surface area (Å²) >= 11 is 0. The highest BCUT2D eigenvalue weighted by molar-refractivity contribution is 6.06. The van der Waals surface area contributed by atoms with Crippen LogP contribution in [0.1, 0.15) is 81.0 Å².